The van der Waals surface area contributed by atoms with E-state index in [4.69, 9.17) is 4.74 Å². The van der Waals surface area contributed by atoms with Crippen molar-refractivity contribution in [2.45, 2.75) is 46.5 Å². The predicted octanol–water partition coefficient (Wildman–Crippen LogP) is 4.92. The minimum atomic E-state index is 0.0453. The van der Waals surface area contributed by atoms with Crippen LogP contribution in [0.2, 0.25) is 0 Å². The number of hydrogen-bond acceptors (Lipinski definition) is 2. The largest absolute Gasteiger partial charge is 0.494 e. The zero-order chi connectivity index (χ0) is 17.4. The Kier molecular flexibility index (Phi) is 6.86. The van der Waals surface area contributed by atoms with E-state index >= 15 is 0 Å². The zero-order valence-corrected chi connectivity index (χ0v) is 14.9. The fourth-order valence-electron chi connectivity index (χ4n) is 2.65. The Morgan fingerprint density at radius 1 is 1.04 bits per heavy atom. The van der Waals surface area contributed by atoms with Crippen molar-refractivity contribution in [3.63, 3.8) is 0 Å². The fourth-order valence-corrected chi connectivity index (χ4v) is 2.65. The van der Waals surface area contributed by atoms with Crippen LogP contribution in [0.4, 0.5) is 5.69 Å². The molecule has 2 aromatic rings. The van der Waals surface area contributed by atoms with Crippen LogP contribution in [0.1, 0.15) is 43.4 Å². The smallest absolute Gasteiger partial charge is 0.224 e. The second-order valence-corrected chi connectivity index (χ2v) is 5.96. The van der Waals surface area contributed by atoms with E-state index in [9.17, 15) is 4.79 Å². The molecule has 3 heteroatoms. The normalized spacial score (nSPS) is 10.5. The number of nitrogens with one attached hydrogen (secondary N) is 1. The minimum absolute atomic E-state index is 0.0453. The van der Waals surface area contributed by atoms with Gasteiger partial charge in [-0.3, -0.25) is 4.79 Å². The second-order valence-electron chi connectivity index (χ2n) is 5.96. The first-order chi connectivity index (χ1) is 11.6. The van der Waals surface area contributed by atoms with Gasteiger partial charge >= 0.3 is 0 Å². The van der Waals surface area contributed by atoms with Gasteiger partial charge in [-0.1, -0.05) is 44.2 Å². The van der Waals surface area contributed by atoms with Gasteiger partial charge in [-0.05, 0) is 55.0 Å². The first kappa shape index (κ1) is 18.1. The van der Waals surface area contributed by atoms with Crippen LogP contribution in [-0.4, -0.2) is 12.5 Å². The van der Waals surface area contributed by atoms with E-state index in [1.165, 1.54) is 11.1 Å². The molecule has 24 heavy (non-hydrogen) atoms. The number of amides is 1. The molecule has 0 radical (unpaired) electrons. The third-order valence-corrected chi connectivity index (χ3v) is 4.15. The van der Waals surface area contributed by atoms with Crippen LogP contribution in [0, 0.1) is 6.92 Å². The summed E-state index contributed by atoms with van der Waals surface area (Å²) in [5, 5.41) is 3.05. The molecule has 2 aromatic carbocycles. The Morgan fingerprint density at radius 3 is 2.46 bits per heavy atom. The average Bonchev–Trinajstić information content (AvgIpc) is 2.61. The van der Waals surface area contributed by atoms with Gasteiger partial charge in [0.2, 0.25) is 5.91 Å². The predicted molar refractivity (Wildman–Crippen MR) is 99.7 cm³/mol. The molecule has 1 N–H and O–H groups in total. The molecule has 0 aromatic heterocycles. The standard InChI is InChI=1S/C21H27NO2/c1-4-17-11-13-19(14-12-17)24-15-7-10-20(23)22-21-16(3)8-6-9-18(21)5-2/h6,8-9,11-14H,4-5,7,10,15H2,1-3H3,(H,22,23). The van der Waals surface area contributed by atoms with Crippen molar-refractivity contribution in [3.05, 3.63) is 59.2 Å². The summed E-state index contributed by atoms with van der Waals surface area (Å²) in [6.07, 6.45) is 3.10. The number of benzene rings is 2. The van der Waals surface area contributed by atoms with Crippen molar-refractivity contribution in [1.82, 2.24) is 0 Å². The first-order valence-electron chi connectivity index (χ1n) is 8.74. The maximum absolute atomic E-state index is 12.2. The van der Waals surface area contributed by atoms with Gasteiger partial charge in [0.25, 0.3) is 0 Å². The van der Waals surface area contributed by atoms with Crippen LogP contribution in [0.5, 0.6) is 5.75 Å². The van der Waals surface area contributed by atoms with E-state index in [2.05, 4.69) is 37.4 Å². The Bertz CT molecular complexity index is 662. The lowest BCUT2D eigenvalue weighted by Gasteiger charge is -2.13. The zero-order valence-electron chi connectivity index (χ0n) is 14.9. The third-order valence-electron chi connectivity index (χ3n) is 4.15. The summed E-state index contributed by atoms with van der Waals surface area (Å²) in [6.45, 7) is 6.81. The molecule has 0 atom stereocenters. The highest BCUT2D eigenvalue weighted by atomic mass is 16.5. The SMILES string of the molecule is CCc1ccc(OCCCC(=O)Nc2c(C)cccc2CC)cc1. The summed E-state index contributed by atoms with van der Waals surface area (Å²) in [5.41, 5.74) is 4.54. The van der Waals surface area contributed by atoms with E-state index in [1.54, 1.807) is 0 Å². The van der Waals surface area contributed by atoms with Gasteiger partial charge in [0.1, 0.15) is 5.75 Å². The molecule has 0 spiro atoms. The van der Waals surface area contributed by atoms with Crippen LogP contribution < -0.4 is 10.1 Å². The molecule has 1 amide bonds. The van der Waals surface area contributed by atoms with E-state index in [-0.39, 0.29) is 5.91 Å². The molecule has 3 nitrogen and oxygen atoms in total. The average molecular weight is 325 g/mol. The Labute approximate surface area is 145 Å². The number of carbonyl (C=O) groups excluding carboxylic acids is 1. The van der Waals surface area contributed by atoms with Crippen molar-refractivity contribution < 1.29 is 9.53 Å². The summed E-state index contributed by atoms with van der Waals surface area (Å²) in [6, 6.07) is 14.2. The lowest BCUT2D eigenvalue weighted by atomic mass is 10.1. The molecule has 0 bridgehead atoms. The molecular formula is C21H27NO2. The van der Waals surface area contributed by atoms with Crippen molar-refractivity contribution in [1.29, 1.82) is 0 Å². The molecule has 0 heterocycles. The lowest BCUT2D eigenvalue weighted by molar-refractivity contribution is -0.116. The maximum atomic E-state index is 12.2. The van der Waals surface area contributed by atoms with Crippen molar-refractivity contribution in [2.75, 3.05) is 11.9 Å². The number of aryl methyl sites for hydroxylation is 3. The molecule has 0 saturated heterocycles. The van der Waals surface area contributed by atoms with Crippen molar-refractivity contribution >= 4 is 11.6 Å². The lowest BCUT2D eigenvalue weighted by Crippen LogP contribution is -2.15. The fraction of sp³-hybridized carbons (Fsp3) is 0.381. The monoisotopic (exact) mass is 325 g/mol. The highest BCUT2D eigenvalue weighted by Gasteiger charge is 2.08. The Hall–Kier alpha value is -2.29. The summed E-state index contributed by atoms with van der Waals surface area (Å²) < 4.78 is 5.69. The topological polar surface area (TPSA) is 38.3 Å². The number of rotatable bonds is 8. The van der Waals surface area contributed by atoms with Gasteiger partial charge in [-0.2, -0.15) is 0 Å². The first-order valence-corrected chi connectivity index (χ1v) is 8.74. The van der Waals surface area contributed by atoms with Crippen molar-refractivity contribution in [2.24, 2.45) is 0 Å². The van der Waals surface area contributed by atoms with Crippen LogP contribution in [0.25, 0.3) is 0 Å². The van der Waals surface area contributed by atoms with Crippen LogP contribution in [0.3, 0.4) is 0 Å². The summed E-state index contributed by atoms with van der Waals surface area (Å²) in [5.74, 6) is 0.906. The molecule has 0 aliphatic heterocycles. The van der Waals surface area contributed by atoms with Gasteiger partial charge in [0.05, 0.1) is 6.61 Å². The van der Waals surface area contributed by atoms with E-state index in [0.29, 0.717) is 19.4 Å². The van der Waals surface area contributed by atoms with Gasteiger partial charge in [-0.15, -0.1) is 0 Å². The molecular weight excluding hydrogens is 298 g/mol. The van der Waals surface area contributed by atoms with E-state index < -0.39 is 0 Å². The van der Waals surface area contributed by atoms with E-state index in [1.807, 2.05) is 31.2 Å². The molecule has 0 aliphatic rings. The number of para-hydroxylation sites is 1. The van der Waals surface area contributed by atoms with Crippen LogP contribution >= 0.6 is 0 Å². The van der Waals surface area contributed by atoms with Crippen LogP contribution in [-0.2, 0) is 17.6 Å². The Morgan fingerprint density at radius 2 is 1.79 bits per heavy atom. The molecule has 0 saturated carbocycles. The number of anilines is 1. The molecule has 2 rings (SSSR count). The molecule has 0 aliphatic carbocycles. The third kappa shape index (κ3) is 5.12. The van der Waals surface area contributed by atoms with Gasteiger partial charge in [0, 0.05) is 12.1 Å². The van der Waals surface area contributed by atoms with E-state index in [0.717, 1.165) is 29.8 Å². The summed E-state index contributed by atoms with van der Waals surface area (Å²) in [7, 11) is 0. The number of carbonyl (C=O) groups is 1. The highest BCUT2D eigenvalue weighted by Crippen LogP contribution is 2.21. The Balaban J connectivity index is 1.77. The summed E-state index contributed by atoms with van der Waals surface area (Å²) in [4.78, 5) is 12.2. The van der Waals surface area contributed by atoms with Gasteiger partial charge in [-0.25, -0.2) is 0 Å². The number of ether oxygens (including phenoxy) is 1. The minimum Gasteiger partial charge on any atom is -0.494 e. The molecule has 0 unspecified atom stereocenters. The van der Waals surface area contributed by atoms with Gasteiger partial charge < -0.3 is 10.1 Å². The van der Waals surface area contributed by atoms with Crippen molar-refractivity contribution in [3.8, 4) is 5.75 Å². The number of hydrogen-bond donors (Lipinski definition) is 1. The second kappa shape index (κ2) is 9.11. The van der Waals surface area contributed by atoms with Gasteiger partial charge in [0.15, 0.2) is 0 Å². The summed E-state index contributed by atoms with van der Waals surface area (Å²) >= 11 is 0. The van der Waals surface area contributed by atoms with Crippen LogP contribution in [0.15, 0.2) is 42.5 Å². The molecule has 128 valence electrons. The molecule has 0 fully saturated rings. The highest BCUT2D eigenvalue weighted by molar-refractivity contribution is 5.92. The quantitative estimate of drug-likeness (QED) is 0.700. The maximum Gasteiger partial charge on any atom is 0.224 e.